The number of rotatable bonds is 12. The van der Waals surface area contributed by atoms with Gasteiger partial charge in [0.2, 0.25) is 11.8 Å². The Morgan fingerprint density at radius 3 is 2.62 bits per heavy atom. The van der Waals surface area contributed by atoms with Crippen LogP contribution in [0.3, 0.4) is 0 Å². The van der Waals surface area contributed by atoms with E-state index in [1.165, 1.54) is 26.4 Å². The molecule has 218 valence electrons. The summed E-state index contributed by atoms with van der Waals surface area (Å²) in [6.07, 6.45) is 7.91. The molecule has 0 radical (unpaired) electrons. The average molecular weight is 667 g/mol. The largest absolute Gasteiger partial charge is 0.493 e. The van der Waals surface area contributed by atoms with Crippen molar-refractivity contribution in [2.24, 2.45) is 23.7 Å². The van der Waals surface area contributed by atoms with Gasteiger partial charge < -0.3 is 29.9 Å². The lowest BCUT2D eigenvalue weighted by atomic mass is 9.84. The van der Waals surface area contributed by atoms with E-state index >= 15 is 0 Å². The molecule has 3 fully saturated rings. The second-order valence-corrected chi connectivity index (χ2v) is 13.0. The van der Waals surface area contributed by atoms with Crippen LogP contribution in [0.4, 0.5) is 0 Å². The zero-order valence-corrected chi connectivity index (χ0v) is 25.0. The van der Waals surface area contributed by atoms with E-state index in [1.807, 2.05) is 4.90 Å². The first-order valence-corrected chi connectivity index (χ1v) is 15.5. The number of halogens is 1. The van der Waals surface area contributed by atoms with Gasteiger partial charge in [-0.1, -0.05) is 6.42 Å². The van der Waals surface area contributed by atoms with Crippen molar-refractivity contribution in [2.45, 2.75) is 69.6 Å². The number of ether oxygens (including phenoxy) is 2. The summed E-state index contributed by atoms with van der Waals surface area (Å²) in [4.78, 5) is 40.2. The molecule has 3 N–H and O–H groups in total. The van der Waals surface area contributed by atoms with Crippen LogP contribution >= 0.6 is 22.6 Å². The predicted molar refractivity (Wildman–Crippen MR) is 156 cm³/mol. The second kappa shape index (κ2) is 12.8. The smallest absolute Gasteiger partial charge is 0.247 e. The van der Waals surface area contributed by atoms with Gasteiger partial charge in [-0.15, -0.1) is 0 Å². The number of amides is 2. The van der Waals surface area contributed by atoms with Crippen LogP contribution in [0.2, 0.25) is 0 Å². The highest BCUT2D eigenvalue weighted by atomic mass is 127. The molecule has 6 atom stereocenters. The van der Waals surface area contributed by atoms with Gasteiger partial charge in [0.1, 0.15) is 18.5 Å². The third-order valence-corrected chi connectivity index (χ3v) is 9.85. The number of carbonyl (C=O) groups excluding carboxylic acids is 3. The third-order valence-electron chi connectivity index (χ3n) is 9.05. The molecule has 0 aliphatic heterocycles. The summed E-state index contributed by atoms with van der Waals surface area (Å²) in [6.45, 7) is 0.469. The van der Waals surface area contributed by atoms with Gasteiger partial charge in [-0.05, 0) is 96.6 Å². The normalized spacial score (nSPS) is 29.1. The molecule has 6 unspecified atom stereocenters. The number of nitrogens with zero attached hydrogens (tertiary/aromatic N) is 1. The van der Waals surface area contributed by atoms with Crippen LogP contribution in [0.25, 0.3) is 0 Å². The van der Waals surface area contributed by atoms with Crippen molar-refractivity contribution < 1.29 is 34.1 Å². The lowest BCUT2D eigenvalue weighted by molar-refractivity contribution is -0.140. The zero-order chi connectivity index (χ0) is 28.4. The van der Waals surface area contributed by atoms with E-state index in [0.29, 0.717) is 56.9 Å². The van der Waals surface area contributed by atoms with Crippen molar-refractivity contribution in [3.63, 3.8) is 0 Å². The van der Waals surface area contributed by atoms with Gasteiger partial charge in [-0.3, -0.25) is 14.4 Å². The van der Waals surface area contributed by atoms with Crippen LogP contribution < -0.4 is 14.8 Å². The van der Waals surface area contributed by atoms with Crippen molar-refractivity contribution in [1.82, 2.24) is 10.2 Å². The monoisotopic (exact) mass is 666 g/mol. The Hall–Kier alpha value is -2.18. The Labute approximate surface area is 248 Å². The topological polar surface area (TPSA) is 125 Å². The molecule has 5 rings (SSSR count). The molecule has 0 saturated heterocycles. The molecule has 1 aromatic carbocycles. The standard InChI is InChI=1S/C30H39IN2O7/c1-39-26-11-19(16-35)10-23(31)29(26)40-25-13-22(30(38)32-6-7-34)12-24(28(25)37)33(15-17-2-3-17)27(36)14-21-9-18-4-5-20(21)8-18/h10-11,13,16-18,20-21,24-25,28,34,37H,2-9,12,14-15H2,1H3,(H,32,38). The maximum Gasteiger partial charge on any atom is 0.247 e. The molecule has 2 bridgehead atoms. The van der Waals surface area contributed by atoms with E-state index in [0.717, 1.165) is 31.5 Å². The van der Waals surface area contributed by atoms with E-state index in [1.54, 1.807) is 18.2 Å². The van der Waals surface area contributed by atoms with Crippen LogP contribution in [0, 0.1) is 27.2 Å². The lowest BCUT2D eigenvalue weighted by Crippen LogP contribution is -2.56. The number of hydrogen-bond acceptors (Lipinski definition) is 7. The van der Waals surface area contributed by atoms with E-state index in [4.69, 9.17) is 9.47 Å². The zero-order valence-electron chi connectivity index (χ0n) is 22.9. The summed E-state index contributed by atoms with van der Waals surface area (Å²) in [7, 11) is 1.47. The molecule has 9 nitrogen and oxygen atoms in total. The number of aliphatic hydroxyl groups is 2. The Balaban J connectivity index is 1.43. The SMILES string of the molecule is COc1cc(C=O)cc(I)c1OC1C=C(C(=O)NCCO)CC(N(CC2CC2)C(=O)CC2CC3CCC2C3)C1O. The van der Waals surface area contributed by atoms with E-state index < -0.39 is 18.2 Å². The fraction of sp³-hybridized carbons (Fsp3) is 0.633. The Morgan fingerprint density at radius 1 is 1.20 bits per heavy atom. The molecule has 0 aromatic heterocycles. The highest BCUT2D eigenvalue weighted by molar-refractivity contribution is 14.1. The Morgan fingerprint density at radius 2 is 2.00 bits per heavy atom. The van der Waals surface area contributed by atoms with E-state index in [-0.39, 0.29) is 31.4 Å². The molecule has 4 aliphatic carbocycles. The van der Waals surface area contributed by atoms with Crippen LogP contribution in [0.15, 0.2) is 23.8 Å². The summed E-state index contributed by atoms with van der Waals surface area (Å²) in [6, 6.07) is 2.60. The van der Waals surface area contributed by atoms with Gasteiger partial charge in [0.25, 0.3) is 0 Å². The molecular formula is C30H39IN2O7. The van der Waals surface area contributed by atoms with Crippen LogP contribution in [-0.2, 0) is 9.59 Å². The quantitative estimate of drug-likeness (QED) is 0.232. The highest BCUT2D eigenvalue weighted by Gasteiger charge is 2.45. The minimum absolute atomic E-state index is 0.0479. The second-order valence-electron chi connectivity index (χ2n) is 11.8. The first-order chi connectivity index (χ1) is 19.3. The van der Waals surface area contributed by atoms with Gasteiger partial charge in [-0.25, -0.2) is 0 Å². The molecule has 1 aromatic rings. The number of methoxy groups -OCH3 is 1. The number of fused-ring (bicyclic) bond motifs is 2. The van der Waals surface area contributed by atoms with Gasteiger partial charge in [0.05, 0.1) is 23.3 Å². The van der Waals surface area contributed by atoms with E-state index in [2.05, 4.69) is 27.9 Å². The number of aliphatic hydroxyl groups excluding tert-OH is 2. The summed E-state index contributed by atoms with van der Waals surface area (Å²) < 4.78 is 12.4. The van der Waals surface area contributed by atoms with Crippen molar-refractivity contribution in [2.75, 3.05) is 26.8 Å². The number of benzene rings is 1. The minimum Gasteiger partial charge on any atom is -0.493 e. The summed E-state index contributed by atoms with van der Waals surface area (Å²) in [5.74, 6) is 2.54. The first kappa shape index (κ1) is 29.3. The first-order valence-electron chi connectivity index (χ1n) is 14.4. The molecule has 0 spiro atoms. The number of hydrogen-bond donors (Lipinski definition) is 3. The van der Waals surface area contributed by atoms with Crippen LogP contribution in [-0.4, -0.2) is 78.3 Å². The van der Waals surface area contributed by atoms with Gasteiger partial charge in [0.15, 0.2) is 11.5 Å². The van der Waals surface area contributed by atoms with Crippen LogP contribution in [0.1, 0.15) is 61.7 Å². The van der Waals surface area contributed by atoms with Gasteiger partial charge >= 0.3 is 0 Å². The molecule has 4 aliphatic rings. The summed E-state index contributed by atoms with van der Waals surface area (Å²) >= 11 is 2.05. The summed E-state index contributed by atoms with van der Waals surface area (Å²) in [5, 5.41) is 23.7. The molecule has 10 heteroatoms. The summed E-state index contributed by atoms with van der Waals surface area (Å²) in [5.41, 5.74) is 0.831. The lowest BCUT2D eigenvalue weighted by Gasteiger charge is -2.41. The number of aldehydes is 1. The fourth-order valence-corrected chi connectivity index (χ4v) is 7.56. The molecule has 3 saturated carbocycles. The highest BCUT2D eigenvalue weighted by Crippen LogP contribution is 2.50. The molecule has 0 heterocycles. The maximum atomic E-state index is 13.9. The Bertz CT molecular complexity index is 1150. The third kappa shape index (κ3) is 6.49. The molecular weight excluding hydrogens is 627 g/mol. The van der Waals surface area contributed by atoms with Crippen molar-refractivity contribution in [3.8, 4) is 11.5 Å². The van der Waals surface area contributed by atoms with Crippen molar-refractivity contribution in [1.29, 1.82) is 0 Å². The number of carbonyl (C=O) groups is 3. The predicted octanol–water partition coefficient (Wildman–Crippen LogP) is 3.09. The molecule has 40 heavy (non-hydrogen) atoms. The van der Waals surface area contributed by atoms with Crippen molar-refractivity contribution in [3.05, 3.63) is 32.9 Å². The average Bonchev–Trinajstić information content (AvgIpc) is 3.54. The van der Waals surface area contributed by atoms with E-state index in [9.17, 15) is 24.6 Å². The van der Waals surface area contributed by atoms with Gasteiger partial charge in [-0.2, -0.15) is 0 Å². The Kier molecular flexibility index (Phi) is 9.36. The van der Waals surface area contributed by atoms with Crippen molar-refractivity contribution >= 4 is 40.7 Å². The van der Waals surface area contributed by atoms with Crippen LogP contribution in [0.5, 0.6) is 11.5 Å². The maximum absolute atomic E-state index is 13.9. The fourth-order valence-electron chi connectivity index (χ4n) is 6.81. The van der Waals surface area contributed by atoms with Gasteiger partial charge in [0, 0.05) is 37.1 Å². The minimum atomic E-state index is -1.08. The number of nitrogens with one attached hydrogen (secondary N) is 1. The molecule has 2 amide bonds.